The largest absolute Gasteiger partial charge is 0.460 e. The molecule has 23 heavy (non-hydrogen) atoms. The number of nitrogen functional groups attached to an aromatic ring is 1. The van der Waals surface area contributed by atoms with Crippen LogP contribution >= 0.6 is 0 Å². The van der Waals surface area contributed by atoms with Gasteiger partial charge in [0.05, 0.1) is 5.92 Å². The Hall–Kier alpha value is -1.55. The second-order valence-electron chi connectivity index (χ2n) is 7.98. The van der Waals surface area contributed by atoms with Gasteiger partial charge in [-0.2, -0.15) is 0 Å². The predicted molar refractivity (Wildman–Crippen MR) is 91.8 cm³/mol. The molecule has 2 fully saturated rings. The van der Waals surface area contributed by atoms with Gasteiger partial charge in [-0.15, -0.1) is 0 Å². The summed E-state index contributed by atoms with van der Waals surface area (Å²) in [5.74, 6) is 0.381. The van der Waals surface area contributed by atoms with Gasteiger partial charge in [0.2, 0.25) is 0 Å². The molecule has 4 heteroatoms. The Bertz CT molecular complexity index is 562. The molecule has 3 rings (SSSR count). The summed E-state index contributed by atoms with van der Waals surface area (Å²) in [7, 11) is 0. The van der Waals surface area contributed by atoms with Gasteiger partial charge < -0.3 is 15.8 Å². The molecule has 126 valence electrons. The van der Waals surface area contributed by atoms with E-state index in [1.165, 1.54) is 19.3 Å². The van der Waals surface area contributed by atoms with Crippen LogP contribution in [0.5, 0.6) is 0 Å². The van der Waals surface area contributed by atoms with Gasteiger partial charge in [-0.05, 0) is 63.6 Å². The highest BCUT2D eigenvalue weighted by molar-refractivity contribution is 5.74. The second-order valence-corrected chi connectivity index (χ2v) is 7.98. The highest BCUT2D eigenvalue weighted by Crippen LogP contribution is 2.42. The van der Waals surface area contributed by atoms with Crippen molar-refractivity contribution in [3.05, 3.63) is 29.8 Å². The van der Waals surface area contributed by atoms with E-state index in [0.717, 1.165) is 17.7 Å². The molecule has 1 saturated carbocycles. The molecule has 4 nitrogen and oxygen atoms in total. The fraction of sp³-hybridized carbons (Fsp3) is 0.632. The first-order valence-corrected chi connectivity index (χ1v) is 8.68. The molecule has 1 aliphatic carbocycles. The molecule has 3 N–H and O–H groups in total. The summed E-state index contributed by atoms with van der Waals surface area (Å²) >= 11 is 0. The molecule has 2 unspecified atom stereocenters. The number of benzene rings is 1. The van der Waals surface area contributed by atoms with Gasteiger partial charge in [-0.25, -0.2) is 0 Å². The minimum atomic E-state index is -0.449. The van der Waals surface area contributed by atoms with Crippen molar-refractivity contribution in [2.75, 3.05) is 5.73 Å². The van der Waals surface area contributed by atoms with Crippen LogP contribution in [0.3, 0.4) is 0 Å². The summed E-state index contributed by atoms with van der Waals surface area (Å²) in [5.41, 5.74) is 7.23. The number of nitrogens with one attached hydrogen (secondary N) is 1. The zero-order chi connectivity index (χ0) is 16.6. The highest BCUT2D eigenvalue weighted by atomic mass is 16.6. The van der Waals surface area contributed by atoms with Crippen molar-refractivity contribution in [2.45, 2.75) is 64.1 Å². The van der Waals surface area contributed by atoms with E-state index in [4.69, 9.17) is 10.5 Å². The van der Waals surface area contributed by atoms with Crippen molar-refractivity contribution in [3.8, 4) is 0 Å². The summed E-state index contributed by atoms with van der Waals surface area (Å²) in [6.45, 7) is 5.78. The summed E-state index contributed by atoms with van der Waals surface area (Å²) in [6, 6.07) is 8.41. The molecule has 1 aliphatic heterocycles. The Morgan fingerprint density at radius 2 is 1.91 bits per heavy atom. The lowest BCUT2D eigenvalue weighted by Gasteiger charge is -2.40. The molecule has 1 heterocycles. The first kappa shape index (κ1) is 16.3. The van der Waals surface area contributed by atoms with Gasteiger partial charge in [0, 0.05) is 17.8 Å². The fourth-order valence-electron chi connectivity index (χ4n) is 3.99. The second kappa shape index (κ2) is 6.16. The Morgan fingerprint density at radius 3 is 2.57 bits per heavy atom. The van der Waals surface area contributed by atoms with Crippen molar-refractivity contribution in [1.82, 2.24) is 5.32 Å². The SMILES string of the molecule is CC(C)(C)OC(=O)C1C[C@H]2CCCC2N[C@H]1c1ccc(N)cc1. The van der Waals surface area contributed by atoms with Crippen molar-refractivity contribution < 1.29 is 9.53 Å². The molecule has 0 bridgehead atoms. The normalized spacial score (nSPS) is 30.7. The Balaban J connectivity index is 1.85. The number of hydrogen-bond acceptors (Lipinski definition) is 4. The van der Waals surface area contributed by atoms with E-state index >= 15 is 0 Å². The van der Waals surface area contributed by atoms with E-state index in [-0.39, 0.29) is 17.9 Å². The number of carbonyl (C=O) groups is 1. The van der Waals surface area contributed by atoms with Gasteiger partial charge in [0.1, 0.15) is 5.60 Å². The van der Waals surface area contributed by atoms with E-state index < -0.39 is 5.60 Å². The van der Waals surface area contributed by atoms with Gasteiger partial charge in [-0.3, -0.25) is 4.79 Å². The monoisotopic (exact) mass is 316 g/mol. The van der Waals surface area contributed by atoms with Gasteiger partial charge in [0.25, 0.3) is 0 Å². The van der Waals surface area contributed by atoms with E-state index in [9.17, 15) is 4.79 Å². The first-order valence-electron chi connectivity index (χ1n) is 8.68. The first-order chi connectivity index (χ1) is 10.8. The van der Waals surface area contributed by atoms with E-state index in [1.807, 2.05) is 45.0 Å². The number of carbonyl (C=O) groups excluding carboxylic acids is 1. The third-order valence-electron chi connectivity index (χ3n) is 5.02. The molecule has 0 aromatic heterocycles. The maximum absolute atomic E-state index is 12.8. The molecule has 2 aliphatic rings. The number of nitrogens with two attached hydrogens (primary N) is 1. The molecule has 1 aromatic carbocycles. The van der Waals surface area contributed by atoms with Crippen molar-refractivity contribution in [3.63, 3.8) is 0 Å². The number of anilines is 1. The smallest absolute Gasteiger partial charge is 0.311 e. The third-order valence-corrected chi connectivity index (χ3v) is 5.02. The summed E-state index contributed by atoms with van der Waals surface area (Å²) in [6.07, 6.45) is 4.59. The third kappa shape index (κ3) is 3.69. The van der Waals surface area contributed by atoms with Crippen LogP contribution in [0.25, 0.3) is 0 Å². The minimum Gasteiger partial charge on any atom is -0.460 e. The van der Waals surface area contributed by atoms with Crippen molar-refractivity contribution in [2.24, 2.45) is 11.8 Å². The zero-order valence-electron chi connectivity index (χ0n) is 14.3. The zero-order valence-corrected chi connectivity index (χ0v) is 14.3. The number of rotatable bonds is 2. The van der Waals surface area contributed by atoms with Crippen molar-refractivity contribution in [1.29, 1.82) is 0 Å². The summed E-state index contributed by atoms with van der Waals surface area (Å²) in [4.78, 5) is 12.8. The highest BCUT2D eigenvalue weighted by Gasteiger charge is 2.43. The van der Waals surface area contributed by atoms with Gasteiger partial charge >= 0.3 is 5.97 Å². The Morgan fingerprint density at radius 1 is 1.22 bits per heavy atom. The average Bonchev–Trinajstić information content (AvgIpc) is 2.92. The fourth-order valence-corrected chi connectivity index (χ4v) is 3.99. The molecule has 0 spiro atoms. The van der Waals surface area contributed by atoms with E-state index in [2.05, 4.69) is 5.32 Å². The Labute approximate surface area is 138 Å². The number of piperidine rings is 1. The predicted octanol–water partition coefficient (Wildman–Crippen LogP) is 3.43. The molecule has 4 atom stereocenters. The molecule has 0 amide bonds. The van der Waals surface area contributed by atoms with E-state index in [1.54, 1.807) is 0 Å². The lowest BCUT2D eigenvalue weighted by Crippen LogP contribution is -2.48. The van der Waals surface area contributed by atoms with Crippen LogP contribution in [0.15, 0.2) is 24.3 Å². The Kier molecular flexibility index (Phi) is 4.37. The van der Waals surface area contributed by atoms with Crippen LogP contribution in [0, 0.1) is 11.8 Å². The number of esters is 1. The molecule has 0 radical (unpaired) electrons. The van der Waals surface area contributed by atoms with Crippen LogP contribution < -0.4 is 11.1 Å². The van der Waals surface area contributed by atoms with Crippen LogP contribution in [0.1, 0.15) is 58.1 Å². The molecular formula is C19H28N2O2. The van der Waals surface area contributed by atoms with E-state index in [0.29, 0.717) is 12.0 Å². The average molecular weight is 316 g/mol. The quantitative estimate of drug-likeness (QED) is 0.648. The van der Waals surface area contributed by atoms with Gasteiger partial charge in [0.15, 0.2) is 0 Å². The van der Waals surface area contributed by atoms with Crippen LogP contribution in [0.2, 0.25) is 0 Å². The minimum absolute atomic E-state index is 0.0183. The van der Waals surface area contributed by atoms with Crippen molar-refractivity contribution >= 4 is 11.7 Å². The lowest BCUT2D eigenvalue weighted by molar-refractivity contribution is -0.163. The molecule has 1 aromatic rings. The number of hydrogen-bond donors (Lipinski definition) is 2. The molecule has 1 saturated heterocycles. The molecular weight excluding hydrogens is 288 g/mol. The number of fused-ring (bicyclic) bond motifs is 1. The van der Waals surface area contributed by atoms with Crippen LogP contribution in [-0.2, 0) is 9.53 Å². The topological polar surface area (TPSA) is 64.3 Å². The maximum Gasteiger partial charge on any atom is 0.311 e. The standard InChI is InChI=1S/C19H28N2O2/c1-19(2,3)23-18(22)15-11-13-5-4-6-16(13)21-17(15)12-7-9-14(20)10-8-12/h7-10,13,15-17,21H,4-6,11,20H2,1-3H3/t13-,15?,16?,17+/m1/s1. The summed E-state index contributed by atoms with van der Waals surface area (Å²) in [5, 5.41) is 3.73. The van der Waals surface area contributed by atoms with Gasteiger partial charge in [-0.1, -0.05) is 18.6 Å². The number of ether oxygens (including phenoxy) is 1. The maximum atomic E-state index is 12.8. The van der Waals surface area contributed by atoms with Crippen LogP contribution in [-0.4, -0.2) is 17.6 Å². The van der Waals surface area contributed by atoms with Crippen LogP contribution in [0.4, 0.5) is 5.69 Å². The lowest BCUT2D eigenvalue weighted by atomic mass is 9.78. The summed E-state index contributed by atoms with van der Waals surface area (Å²) < 4.78 is 5.70.